The largest absolute Gasteiger partial charge is 0.504 e. The Morgan fingerprint density at radius 1 is 1.09 bits per heavy atom. The van der Waals surface area contributed by atoms with E-state index in [1.165, 1.54) is 12.7 Å². The number of aromatic hydroxyl groups is 1. The quantitative estimate of drug-likeness (QED) is 0.734. The molecule has 3 rings (SSSR count). The van der Waals surface area contributed by atoms with Gasteiger partial charge in [0.2, 0.25) is 0 Å². The average Bonchev–Trinajstić information content (AvgIpc) is 3.03. The molecule has 2 aromatic carbocycles. The van der Waals surface area contributed by atoms with Crippen molar-refractivity contribution in [3.05, 3.63) is 64.0 Å². The lowest BCUT2D eigenvalue weighted by Crippen LogP contribution is -1.83. The van der Waals surface area contributed by atoms with Gasteiger partial charge in [-0.15, -0.1) is 11.3 Å². The summed E-state index contributed by atoms with van der Waals surface area (Å²) in [6.45, 7) is 2.07. The Bertz CT molecular complexity index is 835. The van der Waals surface area contributed by atoms with Gasteiger partial charge in [-0.2, -0.15) is 0 Å². The number of benzene rings is 2. The number of rotatable bonds is 4. The van der Waals surface area contributed by atoms with Crippen molar-refractivity contribution >= 4 is 23.5 Å². The summed E-state index contributed by atoms with van der Waals surface area (Å²) in [5.41, 5.74) is 4.24. The highest BCUT2D eigenvalue weighted by Gasteiger charge is 2.03. The number of hydrogen-bond acceptors (Lipinski definition) is 4. The number of aryl methyl sites for hydroxylation is 1. The number of thiazole rings is 1. The Labute approximate surface area is 139 Å². The van der Waals surface area contributed by atoms with Crippen molar-refractivity contribution in [3.8, 4) is 22.8 Å². The summed E-state index contributed by atoms with van der Waals surface area (Å²) < 4.78 is 5.04. The molecule has 0 aliphatic carbocycles. The number of phenolic OH excluding ortho intramolecular Hbond substituents is 1. The molecule has 0 unspecified atom stereocenters. The van der Waals surface area contributed by atoms with Crippen molar-refractivity contribution in [2.45, 2.75) is 6.92 Å². The number of hydrogen-bond donors (Lipinski definition) is 1. The van der Waals surface area contributed by atoms with Crippen LogP contribution in [0.4, 0.5) is 0 Å². The monoisotopic (exact) mass is 323 g/mol. The molecular weight excluding hydrogens is 306 g/mol. The van der Waals surface area contributed by atoms with Crippen LogP contribution in [0.3, 0.4) is 0 Å². The average molecular weight is 323 g/mol. The Balaban J connectivity index is 1.78. The summed E-state index contributed by atoms with van der Waals surface area (Å²) in [6, 6.07) is 13.6. The molecule has 1 heterocycles. The molecule has 0 fully saturated rings. The maximum Gasteiger partial charge on any atom is 0.160 e. The third kappa shape index (κ3) is 3.60. The molecule has 0 spiro atoms. The first-order valence-corrected chi connectivity index (χ1v) is 8.11. The molecule has 4 heteroatoms. The molecule has 0 radical (unpaired) electrons. The summed E-state index contributed by atoms with van der Waals surface area (Å²) in [7, 11) is 1.53. The highest BCUT2D eigenvalue weighted by atomic mass is 32.1. The van der Waals surface area contributed by atoms with Gasteiger partial charge < -0.3 is 9.84 Å². The summed E-state index contributed by atoms with van der Waals surface area (Å²) in [4.78, 5) is 4.63. The van der Waals surface area contributed by atoms with E-state index in [0.717, 1.165) is 21.8 Å². The van der Waals surface area contributed by atoms with Crippen molar-refractivity contribution in [1.29, 1.82) is 0 Å². The van der Waals surface area contributed by atoms with E-state index in [4.69, 9.17) is 4.74 Å². The molecule has 0 aliphatic heterocycles. The van der Waals surface area contributed by atoms with Gasteiger partial charge in [0.25, 0.3) is 0 Å². The predicted octanol–water partition coefficient (Wildman–Crippen LogP) is 5.00. The van der Waals surface area contributed by atoms with Gasteiger partial charge in [0.1, 0.15) is 5.01 Å². The minimum atomic E-state index is 0.133. The molecule has 0 amide bonds. The predicted molar refractivity (Wildman–Crippen MR) is 95.9 cm³/mol. The van der Waals surface area contributed by atoms with Gasteiger partial charge in [-0.25, -0.2) is 4.98 Å². The Morgan fingerprint density at radius 2 is 1.87 bits per heavy atom. The van der Waals surface area contributed by atoms with Gasteiger partial charge in [-0.3, -0.25) is 0 Å². The lowest BCUT2D eigenvalue weighted by molar-refractivity contribution is 0.373. The Hall–Kier alpha value is -2.59. The third-order valence-electron chi connectivity index (χ3n) is 3.49. The van der Waals surface area contributed by atoms with Crippen LogP contribution in [-0.2, 0) is 0 Å². The van der Waals surface area contributed by atoms with Gasteiger partial charge in [0, 0.05) is 10.9 Å². The third-order valence-corrected chi connectivity index (χ3v) is 4.30. The zero-order chi connectivity index (χ0) is 16.2. The fraction of sp³-hybridized carbons (Fsp3) is 0.105. The van der Waals surface area contributed by atoms with Crippen LogP contribution in [0.2, 0.25) is 0 Å². The van der Waals surface area contributed by atoms with E-state index in [9.17, 15) is 5.11 Å². The second-order valence-electron chi connectivity index (χ2n) is 5.20. The SMILES string of the molecule is COc1ccc(/C=C/c2nc(-c3ccc(C)cc3)cs2)cc1O. The Kier molecular flexibility index (Phi) is 4.44. The van der Waals surface area contributed by atoms with Crippen molar-refractivity contribution in [3.63, 3.8) is 0 Å². The van der Waals surface area contributed by atoms with Gasteiger partial charge in [-0.05, 0) is 30.7 Å². The van der Waals surface area contributed by atoms with Crippen LogP contribution in [0.15, 0.2) is 47.8 Å². The molecule has 0 saturated heterocycles. The maximum atomic E-state index is 9.79. The summed E-state index contributed by atoms with van der Waals surface area (Å²) in [5.74, 6) is 0.604. The van der Waals surface area contributed by atoms with Crippen molar-refractivity contribution < 1.29 is 9.84 Å². The molecule has 0 aliphatic rings. The molecule has 1 N–H and O–H groups in total. The molecule has 23 heavy (non-hydrogen) atoms. The topological polar surface area (TPSA) is 42.4 Å². The van der Waals surface area contributed by atoms with Crippen molar-refractivity contribution in [1.82, 2.24) is 4.98 Å². The Morgan fingerprint density at radius 3 is 2.57 bits per heavy atom. The van der Waals surface area contributed by atoms with E-state index in [1.54, 1.807) is 23.5 Å². The lowest BCUT2D eigenvalue weighted by atomic mass is 10.1. The second kappa shape index (κ2) is 6.67. The zero-order valence-electron chi connectivity index (χ0n) is 13.0. The first-order valence-electron chi connectivity index (χ1n) is 7.23. The van der Waals surface area contributed by atoms with Gasteiger partial charge in [0.15, 0.2) is 11.5 Å². The van der Waals surface area contributed by atoms with Crippen molar-refractivity contribution in [2.24, 2.45) is 0 Å². The van der Waals surface area contributed by atoms with E-state index in [1.807, 2.05) is 18.2 Å². The summed E-state index contributed by atoms with van der Waals surface area (Å²) >= 11 is 1.59. The highest BCUT2D eigenvalue weighted by molar-refractivity contribution is 7.10. The smallest absolute Gasteiger partial charge is 0.160 e. The molecular formula is C19H17NO2S. The van der Waals surface area contributed by atoms with E-state index in [2.05, 4.69) is 41.6 Å². The standard InChI is InChI=1S/C19H17NO2S/c1-13-3-7-15(8-4-13)16-12-23-19(20-16)10-6-14-5-9-18(22-2)17(21)11-14/h3-12,21H,1-2H3/b10-6+. The molecule has 116 valence electrons. The van der Waals surface area contributed by atoms with E-state index in [0.29, 0.717) is 5.75 Å². The summed E-state index contributed by atoms with van der Waals surface area (Å²) in [5, 5.41) is 12.8. The van der Waals surface area contributed by atoms with Crippen LogP contribution in [0, 0.1) is 6.92 Å². The number of nitrogens with zero attached hydrogens (tertiary/aromatic N) is 1. The van der Waals surface area contributed by atoms with Crippen LogP contribution in [0.1, 0.15) is 16.1 Å². The minimum Gasteiger partial charge on any atom is -0.504 e. The second-order valence-corrected chi connectivity index (χ2v) is 6.09. The fourth-order valence-electron chi connectivity index (χ4n) is 2.20. The van der Waals surface area contributed by atoms with E-state index >= 15 is 0 Å². The van der Waals surface area contributed by atoms with Crippen LogP contribution in [0.25, 0.3) is 23.4 Å². The van der Waals surface area contributed by atoms with E-state index in [-0.39, 0.29) is 5.75 Å². The molecule has 3 aromatic rings. The number of phenols is 1. The van der Waals surface area contributed by atoms with Crippen LogP contribution < -0.4 is 4.74 Å². The van der Waals surface area contributed by atoms with Crippen LogP contribution in [-0.4, -0.2) is 17.2 Å². The molecule has 1 aromatic heterocycles. The van der Waals surface area contributed by atoms with Gasteiger partial charge >= 0.3 is 0 Å². The molecule has 3 nitrogen and oxygen atoms in total. The number of methoxy groups -OCH3 is 1. The zero-order valence-corrected chi connectivity index (χ0v) is 13.8. The number of ether oxygens (including phenoxy) is 1. The molecule has 0 bridgehead atoms. The molecule has 0 saturated carbocycles. The van der Waals surface area contributed by atoms with Crippen molar-refractivity contribution in [2.75, 3.05) is 7.11 Å². The van der Waals surface area contributed by atoms with Gasteiger partial charge in [0.05, 0.1) is 12.8 Å². The first-order chi connectivity index (χ1) is 11.2. The fourth-order valence-corrected chi connectivity index (χ4v) is 2.92. The van der Waals surface area contributed by atoms with Crippen LogP contribution >= 0.6 is 11.3 Å². The first kappa shape index (κ1) is 15.3. The maximum absolute atomic E-state index is 9.79. The summed E-state index contributed by atoms with van der Waals surface area (Å²) in [6.07, 6.45) is 3.88. The molecule has 0 atom stereocenters. The highest BCUT2D eigenvalue weighted by Crippen LogP contribution is 2.28. The minimum absolute atomic E-state index is 0.133. The van der Waals surface area contributed by atoms with E-state index < -0.39 is 0 Å². The normalized spacial score (nSPS) is 11.0. The van der Waals surface area contributed by atoms with Crippen LogP contribution in [0.5, 0.6) is 11.5 Å². The number of aromatic nitrogens is 1. The van der Waals surface area contributed by atoms with Gasteiger partial charge in [-0.1, -0.05) is 42.0 Å². The lowest BCUT2D eigenvalue weighted by Gasteiger charge is -2.02.